The van der Waals surface area contributed by atoms with Crippen LogP contribution in [-0.2, 0) is 20.0 Å². The number of aryl methyl sites for hydroxylation is 2. The Morgan fingerprint density at radius 1 is 1.47 bits per heavy atom. The largest absolute Gasteiger partial charge is 0.300 e. The molecule has 0 N–H and O–H groups in total. The molecule has 0 bridgehead atoms. The van der Waals surface area contributed by atoms with Crippen molar-refractivity contribution in [2.45, 2.75) is 38.1 Å². The molecular weight excluding hydrogens is 346 g/mol. The quantitative estimate of drug-likeness (QED) is 0.720. The Hall–Kier alpha value is 0.130. The van der Waals surface area contributed by atoms with Gasteiger partial charge in [-0.05, 0) is 42.4 Å². The minimum Gasteiger partial charge on any atom is -0.300 e. The van der Waals surface area contributed by atoms with E-state index in [2.05, 4.69) is 62.8 Å². The van der Waals surface area contributed by atoms with E-state index >= 15 is 0 Å². The van der Waals surface area contributed by atoms with Crippen molar-refractivity contribution >= 4 is 31.9 Å². The highest BCUT2D eigenvalue weighted by atomic mass is 79.9. The third kappa shape index (κ3) is 4.38. The number of alkyl halides is 1. The summed E-state index contributed by atoms with van der Waals surface area (Å²) >= 11 is 7.23. The second kappa shape index (κ2) is 6.90. The van der Waals surface area contributed by atoms with Gasteiger partial charge in [-0.2, -0.15) is 5.10 Å². The molecular formula is C12H21Br2N3. The predicted octanol–water partition coefficient (Wildman–Crippen LogP) is 3.35. The molecule has 0 aromatic carbocycles. The molecule has 0 aliphatic carbocycles. The zero-order valence-corrected chi connectivity index (χ0v) is 14.2. The fourth-order valence-corrected chi connectivity index (χ4v) is 2.67. The first-order valence-corrected chi connectivity index (χ1v) is 7.69. The van der Waals surface area contributed by atoms with E-state index in [9.17, 15) is 0 Å². The first kappa shape index (κ1) is 15.2. The lowest BCUT2D eigenvalue weighted by atomic mass is 10.2. The van der Waals surface area contributed by atoms with E-state index in [1.165, 1.54) is 10.2 Å². The lowest BCUT2D eigenvalue weighted by molar-refractivity contribution is 0.313. The van der Waals surface area contributed by atoms with Crippen LogP contribution in [-0.4, -0.2) is 33.1 Å². The molecule has 1 aromatic heterocycles. The van der Waals surface area contributed by atoms with Crippen LogP contribution in [0.15, 0.2) is 4.47 Å². The maximum atomic E-state index is 4.51. The fraction of sp³-hybridized carbons (Fsp3) is 0.750. The number of hydrogen-bond donors (Lipinski definition) is 0. The molecule has 1 unspecified atom stereocenters. The molecule has 0 aliphatic rings. The van der Waals surface area contributed by atoms with Crippen molar-refractivity contribution in [3.63, 3.8) is 0 Å². The minimum atomic E-state index is 0.575. The van der Waals surface area contributed by atoms with Gasteiger partial charge in [-0.1, -0.05) is 29.8 Å². The van der Waals surface area contributed by atoms with Gasteiger partial charge in [0.2, 0.25) is 0 Å². The van der Waals surface area contributed by atoms with E-state index < -0.39 is 0 Å². The van der Waals surface area contributed by atoms with Crippen LogP contribution in [0, 0.1) is 0 Å². The van der Waals surface area contributed by atoms with E-state index in [0.717, 1.165) is 31.6 Å². The van der Waals surface area contributed by atoms with Gasteiger partial charge < -0.3 is 4.90 Å². The minimum absolute atomic E-state index is 0.575. The molecule has 0 saturated carbocycles. The van der Waals surface area contributed by atoms with Gasteiger partial charge in [-0.3, -0.25) is 4.68 Å². The van der Waals surface area contributed by atoms with E-state index in [1.807, 2.05) is 11.7 Å². The molecule has 1 aromatic rings. The zero-order chi connectivity index (χ0) is 13.0. The van der Waals surface area contributed by atoms with Crippen LogP contribution < -0.4 is 0 Å². The highest BCUT2D eigenvalue weighted by Gasteiger charge is 2.14. The Morgan fingerprint density at radius 3 is 2.59 bits per heavy atom. The van der Waals surface area contributed by atoms with Gasteiger partial charge in [0.05, 0.1) is 15.9 Å². The molecule has 1 atom stereocenters. The van der Waals surface area contributed by atoms with Crippen molar-refractivity contribution in [1.29, 1.82) is 0 Å². The van der Waals surface area contributed by atoms with Crippen LogP contribution >= 0.6 is 31.9 Å². The molecule has 0 aliphatic heterocycles. The van der Waals surface area contributed by atoms with Crippen LogP contribution in [0.2, 0.25) is 0 Å². The third-order valence-electron chi connectivity index (χ3n) is 2.83. The first-order valence-electron chi connectivity index (χ1n) is 5.98. The highest BCUT2D eigenvalue weighted by Crippen LogP contribution is 2.22. The van der Waals surface area contributed by atoms with Gasteiger partial charge in [-0.15, -0.1) is 0 Å². The Labute approximate surface area is 121 Å². The van der Waals surface area contributed by atoms with E-state index in [4.69, 9.17) is 0 Å². The second-order valence-corrected chi connectivity index (χ2v) is 6.85. The topological polar surface area (TPSA) is 21.1 Å². The highest BCUT2D eigenvalue weighted by molar-refractivity contribution is 9.10. The smallest absolute Gasteiger partial charge is 0.0767 e. The van der Waals surface area contributed by atoms with E-state index in [0.29, 0.717) is 4.83 Å². The van der Waals surface area contributed by atoms with Gasteiger partial charge in [0, 0.05) is 18.4 Å². The predicted molar refractivity (Wildman–Crippen MR) is 79.6 cm³/mol. The summed E-state index contributed by atoms with van der Waals surface area (Å²) in [6.07, 6.45) is 2.13. The Bertz CT molecular complexity index is 361. The molecule has 5 heteroatoms. The van der Waals surface area contributed by atoms with Crippen molar-refractivity contribution < 1.29 is 0 Å². The monoisotopic (exact) mass is 365 g/mol. The van der Waals surface area contributed by atoms with Crippen LogP contribution in [0.5, 0.6) is 0 Å². The van der Waals surface area contributed by atoms with Gasteiger partial charge in [0.25, 0.3) is 0 Å². The van der Waals surface area contributed by atoms with E-state index in [-0.39, 0.29) is 0 Å². The summed E-state index contributed by atoms with van der Waals surface area (Å²) in [7, 11) is 4.17. The molecule has 0 radical (unpaired) electrons. The SMILES string of the molecule is CCc1nn(C)c(CN(C)CCC(C)Br)c1Br. The molecule has 0 amide bonds. The molecule has 0 spiro atoms. The molecule has 3 nitrogen and oxygen atoms in total. The fourth-order valence-electron chi connectivity index (χ4n) is 1.72. The Kier molecular flexibility index (Phi) is 6.17. The van der Waals surface area contributed by atoms with Crippen molar-refractivity contribution in [2.75, 3.05) is 13.6 Å². The van der Waals surface area contributed by atoms with Crippen LogP contribution in [0.25, 0.3) is 0 Å². The lowest BCUT2D eigenvalue weighted by Crippen LogP contribution is -2.22. The van der Waals surface area contributed by atoms with E-state index in [1.54, 1.807) is 0 Å². The zero-order valence-electron chi connectivity index (χ0n) is 11.0. The third-order valence-corrected chi connectivity index (χ3v) is 4.20. The average Bonchev–Trinajstić information content (AvgIpc) is 2.53. The average molecular weight is 367 g/mol. The lowest BCUT2D eigenvalue weighted by Gasteiger charge is -2.17. The Balaban J connectivity index is 2.64. The summed E-state index contributed by atoms with van der Waals surface area (Å²) < 4.78 is 3.15. The molecule has 98 valence electrons. The summed E-state index contributed by atoms with van der Waals surface area (Å²) in [4.78, 5) is 2.91. The van der Waals surface area contributed by atoms with Gasteiger partial charge >= 0.3 is 0 Å². The van der Waals surface area contributed by atoms with Crippen molar-refractivity contribution in [3.8, 4) is 0 Å². The number of nitrogens with zero attached hydrogens (tertiary/aromatic N) is 3. The number of halogens is 2. The van der Waals surface area contributed by atoms with Crippen LogP contribution in [0.1, 0.15) is 31.7 Å². The van der Waals surface area contributed by atoms with Crippen molar-refractivity contribution in [2.24, 2.45) is 7.05 Å². The summed E-state index contributed by atoms with van der Waals surface area (Å²) in [5.41, 5.74) is 2.40. The number of rotatable bonds is 6. The standard InChI is InChI=1S/C12H21Br2N3/c1-5-10-12(14)11(17(4)15-10)8-16(3)7-6-9(2)13/h9H,5-8H2,1-4H3. The maximum Gasteiger partial charge on any atom is 0.0767 e. The molecule has 1 rings (SSSR count). The van der Waals surface area contributed by atoms with Crippen LogP contribution in [0.4, 0.5) is 0 Å². The number of hydrogen-bond acceptors (Lipinski definition) is 2. The molecule has 17 heavy (non-hydrogen) atoms. The first-order chi connectivity index (χ1) is 7.95. The molecule has 1 heterocycles. The number of aromatic nitrogens is 2. The van der Waals surface area contributed by atoms with Gasteiger partial charge in [0.1, 0.15) is 0 Å². The van der Waals surface area contributed by atoms with Crippen LogP contribution in [0.3, 0.4) is 0 Å². The van der Waals surface area contributed by atoms with Crippen molar-refractivity contribution in [3.05, 3.63) is 15.9 Å². The summed E-state index contributed by atoms with van der Waals surface area (Å²) in [5, 5.41) is 4.51. The summed E-state index contributed by atoms with van der Waals surface area (Å²) in [6.45, 7) is 6.34. The van der Waals surface area contributed by atoms with Crippen molar-refractivity contribution in [1.82, 2.24) is 14.7 Å². The van der Waals surface area contributed by atoms with Gasteiger partial charge in [-0.25, -0.2) is 0 Å². The second-order valence-electron chi connectivity index (χ2n) is 4.49. The maximum absolute atomic E-state index is 4.51. The molecule has 0 saturated heterocycles. The molecule has 0 fully saturated rings. The van der Waals surface area contributed by atoms with Gasteiger partial charge in [0.15, 0.2) is 0 Å². The normalized spacial score (nSPS) is 13.4. The Morgan fingerprint density at radius 2 is 2.12 bits per heavy atom. The summed E-state index contributed by atoms with van der Waals surface area (Å²) in [6, 6.07) is 0. The summed E-state index contributed by atoms with van der Waals surface area (Å²) in [5.74, 6) is 0.